The van der Waals surface area contributed by atoms with Crippen molar-refractivity contribution in [2.75, 3.05) is 12.6 Å². The number of hydrogen-bond acceptors (Lipinski definition) is 5. The van der Waals surface area contributed by atoms with Crippen molar-refractivity contribution in [1.82, 2.24) is 0 Å². The molecule has 0 bridgehead atoms. The first-order valence-electron chi connectivity index (χ1n) is 9.93. The van der Waals surface area contributed by atoms with Gasteiger partial charge in [0.15, 0.2) is 0 Å². The minimum atomic E-state index is -0.212. The van der Waals surface area contributed by atoms with Crippen molar-refractivity contribution in [3.8, 4) is 0 Å². The van der Waals surface area contributed by atoms with Gasteiger partial charge in [-0.1, -0.05) is 40.2 Å². The molecule has 1 N–H and O–H groups in total. The van der Waals surface area contributed by atoms with E-state index in [1.807, 2.05) is 36.4 Å². The van der Waals surface area contributed by atoms with Crippen LogP contribution in [0.25, 0.3) is 0 Å². The van der Waals surface area contributed by atoms with Crippen LogP contribution in [0.4, 0.5) is 5.69 Å². The second kappa shape index (κ2) is 8.57. The van der Waals surface area contributed by atoms with E-state index in [0.29, 0.717) is 11.8 Å². The lowest BCUT2D eigenvalue weighted by atomic mass is 9.71. The van der Waals surface area contributed by atoms with Crippen LogP contribution < -0.4 is 5.48 Å². The highest BCUT2D eigenvalue weighted by Gasteiger charge is 2.37. The van der Waals surface area contributed by atoms with E-state index in [1.165, 1.54) is 12.7 Å². The van der Waals surface area contributed by atoms with E-state index in [4.69, 9.17) is 9.57 Å². The Kier molecular flexibility index (Phi) is 5.90. The molecule has 2 aliphatic carbocycles. The second-order valence-electron chi connectivity index (χ2n) is 7.96. The number of benzene rings is 2. The molecule has 29 heavy (non-hydrogen) atoms. The minimum Gasteiger partial charge on any atom is -0.469 e. The van der Waals surface area contributed by atoms with Gasteiger partial charge in [0.25, 0.3) is 0 Å². The first-order valence-corrected chi connectivity index (χ1v) is 10.7. The largest absolute Gasteiger partial charge is 0.469 e. The molecule has 0 saturated heterocycles. The Labute approximate surface area is 178 Å². The Morgan fingerprint density at radius 3 is 2.10 bits per heavy atom. The fourth-order valence-corrected chi connectivity index (χ4v) is 4.56. The number of nitrogens with one attached hydrogen (secondary N) is 1. The first kappa shape index (κ1) is 20.0. The number of anilines is 1. The highest BCUT2D eigenvalue weighted by Crippen LogP contribution is 2.44. The summed E-state index contributed by atoms with van der Waals surface area (Å²) in [5.41, 5.74) is 5.95. The summed E-state index contributed by atoms with van der Waals surface area (Å²) in [4.78, 5) is 29.2. The fraction of sp³-hybridized carbons (Fsp3) is 0.391. The summed E-state index contributed by atoms with van der Waals surface area (Å²) in [5, 5.41) is 0. The van der Waals surface area contributed by atoms with E-state index in [1.54, 1.807) is 0 Å². The molecule has 2 fully saturated rings. The van der Waals surface area contributed by atoms with Crippen molar-refractivity contribution in [3.63, 3.8) is 0 Å². The number of carbonyl (C=O) groups excluding carboxylic acids is 2. The van der Waals surface area contributed by atoms with Gasteiger partial charge < -0.3 is 9.57 Å². The number of rotatable bonds is 6. The minimum absolute atomic E-state index is 0.00348. The number of hydrogen-bond donors (Lipinski definition) is 1. The summed E-state index contributed by atoms with van der Waals surface area (Å²) >= 11 is 3.49. The summed E-state index contributed by atoms with van der Waals surface area (Å²) in [6.07, 6.45) is 3.23. The molecule has 0 heterocycles. The maximum absolute atomic E-state index is 12.3. The van der Waals surface area contributed by atoms with Crippen LogP contribution in [0.2, 0.25) is 0 Å². The van der Waals surface area contributed by atoms with Crippen molar-refractivity contribution >= 4 is 33.6 Å². The Hall–Kier alpha value is -2.34. The molecule has 2 aliphatic rings. The molecule has 2 saturated carbocycles. The second-order valence-corrected chi connectivity index (χ2v) is 8.87. The van der Waals surface area contributed by atoms with Crippen LogP contribution in [0, 0.1) is 11.8 Å². The Balaban J connectivity index is 1.25. The molecule has 0 radical (unpaired) electrons. The molecule has 4 rings (SSSR count). The third-order valence-corrected chi connectivity index (χ3v) is 6.58. The molecule has 2 aromatic rings. The van der Waals surface area contributed by atoms with Crippen molar-refractivity contribution in [2.45, 2.75) is 37.5 Å². The quantitative estimate of drug-likeness (QED) is 0.478. The zero-order valence-corrected chi connectivity index (χ0v) is 17.9. The van der Waals surface area contributed by atoms with Gasteiger partial charge in [-0.05, 0) is 72.9 Å². The van der Waals surface area contributed by atoms with Crippen molar-refractivity contribution in [3.05, 3.63) is 64.1 Å². The standard InChI is InChI=1S/C23H24BrNO4/c1-28-22(26)18-8-17(9-18)15-5-3-7-21(13-15)25-29-23(27)19-10-16(11-19)14-4-2-6-20(24)12-14/h2-7,12-13,16-19,25H,8-11H2,1H3. The SMILES string of the molecule is COC(=O)C1CC(c2cccc(NOC(=O)C3CC(c4cccc(Br)c4)C3)c2)C1. The Morgan fingerprint density at radius 1 is 0.897 bits per heavy atom. The Morgan fingerprint density at radius 2 is 1.48 bits per heavy atom. The number of carbonyl (C=O) groups is 2. The van der Waals surface area contributed by atoms with Crippen LogP contribution in [0.1, 0.15) is 48.6 Å². The number of halogens is 1. The molecule has 0 aromatic heterocycles. The maximum atomic E-state index is 12.3. The van der Waals surface area contributed by atoms with Crippen LogP contribution in [-0.4, -0.2) is 19.0 Å². The fourth-order valence-electron chi connectivity index (χ4n) is 4.14. The molecular weight excluding hydrogens is 434 g/mol. The van der Waals surface area contributed by atoms with Gasteiger partial charge in [0, 0.05) is 4.47 Å². The molecule has 0 amide bonds. The van der Waals surface area contributed by atoms with Gasteiger partial charge in [0.05, 0.1) is 24.6 Å². The number of methoxy groups -OCH3 is 1. The van der Waals surface area contributed by atoms with Crippen LogP contribution >= 0.6 is 15.9 Å². The molecule has 5 nitrogen and oxygen atoms in total. The lowest BCUT2D eigenvalue weighted by Crippen LogP contribution is -2.31. The highest BCUT2D eigenvalue weighted by molar-refractivity contribution is 9.10. The predicted molar refractivity (Wildman–Crippen MR) is 113 cm³/mol. The van der Waals surface area contributed by atoms with Crippen molar-refractivity contribution < 1.29 is 19.2 Å². The van der Waals surface area contributed by atoms with E-state index >= 15 is 0 Å². The van der Waals surface area contributed by atoms with Gasteiger partial charge in [-0.25, -0.2) is 10.3 Å². The van der Waals surface area contributed by atoms with Crippen LogP contribution in [-0.2, 0) is 19.2 Å². The van der Waals surface area contributed by atoms with E-state index in [0.717, 1.165) is 41.4 Å². The van der Waals surface area contributed by atoms with E-state index < -0.39 is 0 Å². The molecule has 0 aliphatic heterocycles. The summed E-state index contributed by atoms with van der Waals surface area (Å²) in [5.74, 6) is 0.337. The summed E-state index contributed by atoms with van der Waals surface area (Å²) in [7, 11) is 1.43. The highest BCUT2D eigenvalue weighted by atomic mass is 79.9. The van der Waals surface area contributed by atoms with Gasteiger partial charge in [-0.15, -0.1) is 0 Å². The molecule has 0 atom stereocenters. The van der Waals surface area contributed by atoms with Crippen molar-refractivity contribution in [2.24, 2.45) is 11.8 Å². The first-order chi connectivity index (χ1) is 14.0. The Bertz CT molecular complexity index is 903. The van der Waals surface area contributed by atoms with Crippen LogP contribution in [0.15, 0.2) is 53.0 Å². The van der Waals surface area contributed by atoms with Crippen LogP contribution in [0.3, 0.4) is 0 Å². The summed E-state index contributed by atoms with van der Waals surface area (Å²) in [6, 6.07) is 16.1. The molecule has 0 spiro atoms. The van der Waals surface area contributed by atoms with Gasteiger partial charge >= 0.3 is 11.9 Å². The molecule has 0 unspecified atom stereocenters. The van der Waals surface area contributed by atoms with Crippen LogP contribution in [0.5, 0.6) is 0 Å². The van der Waals surface area contributed by atoms with E-state index in [9.17, 15) is 9.59 Å². The molecule has 6 heteroatoms. The average Bonchev–Trinajstić information content (AvgIpc) is 2.64. The van der Waals surface area contributed by atoms with Gasteiger partial charge in [0.2, 0.25) is 0 Å². The number of ether oxygens (including phenoxy) is 1. The zero-order valence-electron chi connectivity index (χ0n) is 16.3. The third kappa shape index (κ3) is 4.47. The van der Waals surface area contributed by atoms with E-state index in [2.05, 4.69) is 33.5 Å². The maximum Gasteiger partial charge on any atom is 0.335 e. The third-order valence-electron chi connectivity index (χ3n) is 6.09. The lowest BCUT2D eigenvalue weighted by molar-refractivity contribution is -0.149. The normalized spacial score (nSPS) is 25.3. The predicted octanol–water partition coefficient (Wildman–Crippen LogP) is 5.18. The summed E-state index contributed by atoms with van der Waals surface area (Å²) < 4.78 is 5.86. The van der Waals surface area contributed by atoms with Gasteiger partial charge in [-0.2, -0.15) is 0 Å². The topological polar surface area (TPSA) is 64.6 Å². The summed E-state index contributed by atoms with van der Waals surface area (Å²) in [6.45, 7) is 0. The smallest absolute Gasteiger partial charge is 0.335 e. The van der Waals surface area contributed by atoms with Gasteiger partial charge in [0.1, 0.15) is 0 Å². The monoisotopic (exact) mass is 457 g/mol. The van der Waals surface area contributed by atoms with E-state index in [-0.39, 0.29) is 23.8 Å². The zero-order chi connectivity index (χ0) is 20.4. The van der Waals surface area contributed by atoms with Gasteiger partial charge in [-0.3, -0.25) is 4.79 Å². The molecule has 152 valence electrons. The molecular formula is C23H24BrNO4. The van der Waals surface area contributed by atoms with Crippen molar-refractivity contribution in [1.29, 1.82) is 0 Å². The number of esters is 1. The average molecular weight is 458 g/mol. The molecule has 2 aromatic carbocycles. The lowest BCUT2D eigenvalue weighted by Gasteiger charge is -2.34.